The van der Waals surface area contributed by atoms with Crippen LogP contribution >= 0.6 is 27.3 Å². The Labute approximate surface area is 160 Å². The monoisotopic (exact) mass is 418 g/mol. The summed E-state index contributed by atoms with van der Waals surface area (Å²) in [5.74, 6) is 1.87. The topological polar surface area (TPSA) is 42.0 Å². The number of hydrogen-bond acceptors (Lipinski definition) is 3. The number of nitrogens with zero attached hydrogens (tertiary/aromatic N) is 1. The maximum Gasteiger partial charge on any atom is 0.220 e. The highest BCUT2D eigenvalue weighted by atomic mass is 79.9. The minimum Gasteiger partial charge on any atom is -0.350 e. The average Bonchev–Trinajstić information content (AvgIpc) is 2.93. The molecule has 2 aromatic rings. The summed E-state index contributed by atoms with van der Waals surface area (Å²) in [6, 6.07) is 8.16. The fourth-order valence-electron chi connectivity index (χ4n) is 6.12. The van der Waals surface area contributed by atoms with Gasteiger partial charge in [0.2, 0.25) is 5.91 Å². The molecule has 1 aromatic heterocycles. The Morgan fingerprint density at radius 2 is 2.00 bits per heavy atom. The molecule has 5 heteroatoms. The molecule has 4 saturated carbocycles. The standard InChI is InChI=1S/C20H23BrN2OS/c21-20-8-13-5-14(9-20)7-19(6-13,12-20)10-17(24)22-11-18-23-15-3-1-2-4-16(15)25-18/h1-4,13-14H,5-12H2,(H,22,24). The number of alkyl halides is 1. The quantitative estimate of drug-likeness (QED) is 0.706. The van der Waals surface area contributed by atoms with Crippen LogP contribution in [-0.2, 0) is 11.3 Å². The second-order valence-corrected chi connectivity index (χ2v) is 11.4. The summed E-state index contributed by atoms with van der Waals surface area (Å²) in [6.45, 7) is 0.556. The fourth-order valence-corrected chi connectivity index (χ4v) is 8.53. The first-order valence-corrected chi connectivity index (χ1v) is 10.9. The van der Waals surface area contributed by atoms with E-state index in [0.717, 1.165) is 22.4 Å². The van der Waals surface area contributed by atoms with E-state index >= 15 is 0 Å². The van der Waals surface area contributed by atoms with Crippen molar-refractivity contribution in [3.05, 3.63) is 29.3 Å². The van der Waals surface area contributed by atoms with Gasteiger partial charge in [-0.2, -0.15) is 0 Å². The highest BCUT2D eigenvalue weighted by Gasteiger charge is 2.57. The Bertz CT molecular complexity index is 785. The van der Waals surface area contributed by atoms with E-state index in [4.69, 9.17) is 0 Å². The zero-order valence-corrected chi connectivity index (χ0v) is 16.7. The predicted octanol–water partition coefficient (Wildman–Crippen LogP) is 5.04. The second kappa shape index (κ2) is 5.78. The van der Waals surface area contributed by atoms with Gasteiger partial charge in [0.1, 0.15) is 5.01 Å². The molecule has 132 valence electrons. The maximum atomic E-state index is 12.7. The van der Waals surface area contributed by atoms with Crippen molar-refractivity contribution < 1.29 is 4.79 Å². The lowest BCUT2D eigenvalue weighted by atomic mass is 9.48. The number of fused-ring (bicyclic) bond motifs is 1. The van der Waals surface area contributed by atoms with Gasteiger partial charge in [-0.3, -0.25) is 4.79 Å². The van der Waals surface area contributed by atoms with Crippen molar-refractivity contribution in [3.8, 4) is 0 Å². The van der Waals surface area contributed by atoms with Crippen LogP contribution in [0, 0.1) is 17.3 Å². The summed E-state index contributed by atoms with van der Waals surface area (Å²) in [7, 11) is 0. The third kappa shape index (κ3) is 3.03. The zero-order valence-electron chi connectivity index (χ0n) is 14.3. The summed E-state index contributed by atoms with van der Waals surface area (Å²) in [6.07, 6.45) is 8.41. The van der Waals surface area contributed by atoms with Gasteiger partial charge in [0.15, 0.2) is 0 Å². The van der Waals surface area contributed by atoms with Crippen molar-refractivity contribution in [3.63, 3.8) is 0 Å². The van der Waals surface area contributed by atoms with E-state index in [-0.39, 0.29) is 11.3 Å². The van der Waals surface area contributed by atoms with Crippen molar-refractivity contribution in [2.45, 2.75) is 55.8 Å². The minimum atomic E-state index is 0.206. The smallest absolute Gasteiger partial charge is 0.220 e. The molecule has 1 N–H and O–H groups in total. The Morgan fingerprint density at radius 1 is 1.24 bits per heavy atom. The van der Waals surface area contributed by atoms with Crippen molar-refractivity contribution in [2.75, 3.05) is 0 Å². The van der Waals surface area contributed by atoms with Gasteiger partial charge in [-0.25, -0.2) is 4.98 Å². The van der Waals surface area contributed by atoms with Crippen molar-refractivity contribution in [1.29, 1.82) is 0 Å². The molecule has 0 spiro atoms. The number of carbonyl (C=O) groups excluding carboxylic acids is 1. The molecule has 1 amide bonds. The summed E-state index contributed by atoms with van der Waals surface area (Å²) >= 11 is 5.71. The van der Waals surface area contributed by atoms with Crippen molar-refractivity contribution in [1.82, 2.24) is 10.3 Å². The Morgan fingerprint density at radius 3 is 2.72 bits per heavy atom. The number of nitrogens with one attached hydrogen (secondary N) is 1. The number of halogens is 1. The van der Waals surface area contributed by atoms with Crippen molar-refractivity contribution in [2.24, 2.45) is 17.3 Å². The first kappa shape index (κ1) is 16.2. The Kier molecular flexibility index (Phi) is 3.76. The molecule has 1 aromatic carbocycles. The number of benzene rings is 1. The minimum absolute atomic E-state index is 0.206. The molecular weight excluding hydrogens is 396 g/mol. The number of thiazole rings is 1. The lowest BCUT2D eigenvalue weighted by molar-refractivity contribution is -0.128. The maximum absolute atomic E-state index is 12.7. The average molecular weight is 419 g/mol. The van der Waals surface area contributed by atoms with Crippen LogP contribution in [0.15, 0.2) is 24.3 Å². The molecule has 0 saturated heterocycles. The molecule has 4 aliphatic carbocycles. The summed E-state index contributed by atoms with van der Waals surface area (Å²) in [4.78, 5) is 17.3. The fraction of sp³-hybridized carbons (Fsp3) is 0.600. The molecule has 0 aliphatic heterocycles. The number of amides is 1. The van der Waals surface area contributed by atoms with E-state index in [9.17, 15) is 4.79 Å². The molecule has 4 fully saturated rings. The molecule has 0 radical (unpaired) electrons. The van der Waals surface area contributed by atoms with E-state index in [0.29, 0.717) is 17.3 Å². The predicted molar refractivity (Wildman–Crippen MR) is 105 cm³/mol. The van der Waals surface area contributed by atoms with E-state index < -0.39 is 0 Å². The van der Waals surface area contributed by atoms with Crippen LogP contribution in [-0.4, -0.2) is 15.2 Å². The third-order valence-corrected chi connectivity index (χ3v) is 8.39. The van der Waals surface area contributed by atoms with Crippen LogP contribution < -0.4 is 5.32 Å². The van der Waals surface area contributed by atoms with E-state index in [1.807, 2.05) is 18.2 Å². The number of carbonyl (C=O) groups is 1. The number of hydrogen-bond donors (Lipinski definition) is 1. The molecule has 4 aliphatic rings. The van der Waals surface area contributed by atoms with Crippen LogP contribution in [0.3, 0.4) is 0 Å². The van der Waals surface area contributed by atoms with Gasteiger partial charge < -0.3 is 5.32 Å². The molecule has 2 unspecified atom stereocenters. The van der Waals surface area contributed by atoms with Crippen LogP contribution in [0.4, 0.5) is 0 Å². The molecule has 3 nitrogen and oxygen atoms in total. The van der Waals surface area contributed by atoms with Crippen LogP contribution in [0.1, 0.15) is 50.0 Å². The molecular formula is C20H23BrN2OS. The number of rotatable bonds is 4. The van der Waals surface area contributed by atoms with Gasteiger partial charge in [-0.05, 0) is 67.9 Å². The van der Waals surface area contributed by atoms with E-state index in [1.165, 1.54) is 43.2 Å². The van der Waals surface area contributed by atoms with Gasteiger partial charge >= 0.3 is 0 Å². The third-order valence-electron chi connectivity index (χ3n) is 6.42. The summed E-state index contributed by atoms with van der Waals surface area (Å²) < 4.78 is 1.51. The second-order valence-electron chi connectivity index (χ2n) is 8.64. The van der Waals surface area contributed by atoms with Gasteiger partial charge in [0, 0.05) is 10.7 Å². The van der Waals surface area contributed by atoms with Crippen LogP contribution in [0.5, 0.6) is 0 Å². The lowest BCUT2D eigenvalue weighted by Gasteiger charge is -2.60. The van der Waals surface area contributed by atoms with E-state index in [1.54, 1.807) is 11.3 Å². The molecule has 25 heavy (non-hydrogen) atoms. The van der Waals surface area contributed by atoms with Crippen molar-refractivity contribution >= 4 is 43.4 Å². The van der Waals surface area contributed by atoms with Crippen LogP contribution in [0.25, 0.3) is 10.2 Å². The highest BCUT2D eigenvalue weighted by molar-refractivity contribution is 9.10. The SMILES string of the molecule is O=C(CC12CC3CC(CC(Br)(C3)C1)C2)NCc1nc2ccccc2s1. The van der Waals surface area contributed by atoms with E-state index in [2.05, 4.69) is 32.3 Å². The summed E-state index contributed by atoms with van der Waals surface area (Å²) in [5, 5.41) is 4.14. The highest BCUT2D eigenvalue weighted by Crippen LogP contribution is 2.65. The van der Waals surface area contributed by atoms with Gasteiger partial charge in [-0.1, -0.05) is 28.1 Å². The molecule has 1 heterocycles. The Hall–Kier alpha value is -0.940. The summed E-state index contributed by atoms with van der Waals surface area (Å²) in [5.41, 5.74) is 1.27. The largest absolute Gasteiger partial charge is 0.350 e. The number of aromatic nitrogens is 1. The molecule has 2 atom stereocenters. The number of para-hydroxylation sites is 1. The normalized spacial score (nSPS) is 36.0. The zero-order chi connectivity index (χ0) is 17.1. The lowest BCUT2D eigenvalue weighted by Crippen LogP contribution is -2.54. The van der Waals surface area contributed by atoms with Gasteiger partial charge in [0.25, 0.3) is 0 Å². The first-order chi connectivity index (χ1) is 12.0. The Balaban J connectivity index is 1.25. The molecule has 4 bridgehead atoms. The van der Waals surface area contributed by atoms with Gasteiger partial charge in [-0.15, -0.1) is 11.3 Å². The van der Waals surface area contributed by atoms with Gasteiger partial charge in [0.05, 0.1) is 16.8 Å². The first-order valence-electron chi connectivity index (χ1n) is 9.31. The molecule has 6 rings (SSSR count). The van der Waals surface area contributed by atoms with Crippen LogP contribution in [0.2, 0.25) is 0 Å².